The topological polar surface area (TPSA) is 81.9 Å². The number of ether oxygens (including phenoxy) is 2. The molecular weight excluding hydrogens is 428 g/mol. The number of carbonyl (C=O) groups is 1. The van der Waals surface area contributed by atoms with Crippen LogP contribution in [0.25, 0.3) is 6.08 Å². The Labute approximate surface area is 190 Å². The van der Waals surface area contributed by atoms with Crippen molar-refractivity contribution in [2.45, 2.75) is 20.1 Å². The number of nitro benzene ring substituents is 1. The fourth-order valence-corrected chi connectivity index (χ4v) is 3.67. The summed E-state index contributed by atoms with van der Waals surface area (Å²) in [4.78, 5) is 25.9. The summed E-state index contributed by atoms with van der Waals surface area (Å²) in [6.45, 7) is 3.28. The minimum absolute atomic E-state index is 0.0135. The summed E-state index contributed by atoms with van der Waals surface area (Å²) in [5.41, 5.74) is 1.49. The quantitative estimate of drug-likeness (QED) is 0.237. The number of nitro groups is 1. The van der Waals surface area contributed by atoms with Crippen LogP contribution in [0.2, 0.25) is 0 Å². The second-order valence-corrected chi connectivity index (χ2v) is 7.92. The minimum atomic E-state index is -0.460. The van der Waals surface area contributed by atoms with Crippen molar-refractivity contribution in [3.63, 3.8) is 0 Å². The number of likely N-dealkylation sites (N-methyl/N-ethyl adjacent to an activating group) is 1. The Kier molecular flexibility index (Phi) is 7.99. The average molecular weight is 453 g/mol. The van der Waals surface area contributed by atoms with Gasteiger partial charge < -0.3 is 14.4 Å². The van der Waals surface area contributed by atoms with Gasteiger partial charge in [-0.25, -0.2) is 0 Å². The predicted octanol–water partition coefficient (Wildman–Crippen LogP) is 5.31. The maximum atomic E-state index is 12.7. The highest BCUT2D eigenvalue weighted by Gasteiger charge is 2.13. The molecule has 166 valence electrons. The molecule has 0 bridgehead atoms. The van der Waals surface area contributed by atoms with E-state index in [1.807, 2.05) is 42.6 Å². The van der Waals surface area contributed by atoms with Crippen molar-refractivity contribution in [1.82, 2.24) is 4.90 Å². The number of carbonyl (C=O) groups excluding carboxylic acids is 1. The number of hydrogen-bond donors (Lipinski definition) is 0. The highest BCUT2D eigenvalue weighted by molar-refractivity contribution is 7.09. The third-order valence-corrected chi connectivity index (χ3v) is 5.59. The number of thiophene rings is 1. The van der Waals surface area contributed by atoms with Gasteiger partial charge in [-0.2, -0.15) is 0 Å². The van der Waals surface area contributed by atoms with Gasteiger partial charge in [0.2, 0.25) is 5.91 Å². The van der Waals surface area contributed by atoms with Gasteiger partial charge in [0.1, 0.15) is 6.61 Å². The first-order valence-electron chi connectivity index (χ1n) is 10.0. The van der Waals surface area contributed by atoms with Crippen molar-refractivity contribution in [2.75, 3.05) is 13.7 Å². The molecule has 0 unspecified atom stereocenters. The van der Waals surface area contributed by atoms with Crippen LogP contribution in [0, 0.1) is 10.1 Å². The van der Waals surface area contributed by atoms with Gasteiger partial charge in [-0.05, 0) is 47.7 Å². The zero-order valence-electron chi connectivity index (χ0n) is 17.9. The molecule has 0 aliphatic carbocycles. The van der Waals surface area contributed by atoms with Crippen molar-refractivity contribution in [1.29, 1.82) is 0 Å². The Morgan fingerprint density at radius 1 is 1.16 bits per heavy atom. The first-order valence-corrected chi connectivity index (χ1v) is 10.9. The Hall–Kier alpha value is -3.65. The van der Waals surface area contributed by atoms with Gasteiger partial charge in [0, 0.05) is 36.2 Å². The third-order valence-electron chi connectivity index (χ3n) is 4.74. The summed E-state index contributed by atoms with van der Waals surface area (Å²) in [5.74, 6) is 1.07. The first kappa shape index (κ1) is 23.0. The summed E-state index contributed by atoms with van der Waals surface area (Å²) >= 11 is 1.63. The van der Waals surface area contributed by atoms with Gasteiger partial charge in [-0.1, -0.05) is 24.3 Å². The van der Waals surface area contributed by atoms with Crippen LogP contribution in [0.3, 0.4) is 0 Å². The summed E-state index contributed by atoms with van der Waals surface area (Å²) < 4.78 is 11.3. The third kappa shape index (κ3) is 6.18. The van der Waals surface area contributed by atoms with Crippen LogP contribution >= 0.6 is 11.3 Å². The molecule has 1 amide bonds. The Morgan fingerprint density at radius 2 is 2.00 bits per heavy atom. The molecule has 0 saturated carbocycles. The van der Waals surface area contributed by atoms with E-state index in [2.05, 4.69) is 0 Å². The molecule has 2 aromatic carbocycles. The van der Waals surface area contributed by atoms with E-state index in [0.717, 1.165) is 10.4 Å². The number of non-ortho nitro benzene ring substituents is 1. The first-order chi connectivity index (χ1) is 15.5. The lowest BCUT2D eigenvalue weighted by atomic mass is 10.1. The van der Waals surface area contributed by atoms with E-state index in [4.69, 9.17) is 9.47 Å². The van der Waals surface area contributed by atoms with Crippen molar-refractivity contribution in [3.05, 3.63) is 92.2 Å². The largest absolute Gasteiger partial charge is 0.493 e. The molecule has 0 fully saturated rings. The molecule has 32 heavy (non-hydrogen) atoms. The maximum Gasteiger partial charge on any atom is 0.270 e. The predicted molar refractivity (Wildman–Crippen MR) is 125 cm³/mol. The molecule has 0 atom stereocenters. The second-order valence-electron chi connectivity index (χ2n) is 6.89. The fourth-order valence-electron chi connectivity index (χ4n) is 3.05. The lowest BCUT2D eigenvalue weighted by molar-refractivity contribution is -0.384. The molecule has 0 radical (unpaired) electrons. The zero-order valence-corrected chi connectivity index (χ0v) is 18.7. The number of benzene rings is 2. The van der Waals surface area contributed by atoms with Crippen LogP contribution in [0.1, 0.15) is 22.9 Å². The van der Waals surface area contributed by atoms with Crippen molar-refractivity contribution >= 4 is 29.0 Å². The van der Waals surface area contributed by atoms with E-state index in [-0.39, 0.29) is 11.6 Å². The lowest BCUT2D eigenvalue weighted by Gasteiger charge is -2.20. The summed E-state index contributed by atoms with van der Waals surface area (Å²) in [6, 6.07) is 15.8. The van der Waals surface area contributed by atoms with Crippen molar-refractivity contribution < 1.29 is 19.2 Å². The van der Waals surface area contributed by atoms with Crippen molar-refractivity contribution in [3.8, 4) is 11.5 Å². The lowest BCUT2D eigenvalue weighted by Crippen LogP contribution is -2.28. The van der Waals surface area contributed by atoms with Crippen LogP contribution < -0.4 is 9.47 Å². The Morgan fingerprint density at radius 3 is 2.69 bits per heavy atom. The minimum Gasteiger partial charge on any atom is -0.493 e. The Balaban J connectivity index is 1.66. The van der Waals surface area contributed by atoms with Crippen LogP contribution in [-0.4, -0.2) is 29.4 Å². The van der Waals surface area contributed by atoms with E-state index in [9.17, 15) is 14.9 Å². The van der Waals surface area contributed by atoms with Gasteiger partial charge >= 0.3 is 0 Å². The summed E-state index contributed by atoms with van der Waals surface area (Å²) in [7, 11) is 1.58. The highest BCUT2D eigenvalue weighted by atomic mass is 32.1. The molecule has 0 spiro atoms. The molecule has 0 N–H and O–H groups in total. The van der Waals surface area contributed by atoms with Crippen LogP contribution in [-0.2, 0) is 17.9 Å². The fraction of sp³-hybridized carbons (Fsp3) is 0.208. The summed E-state index contributed by atoms with van der Waals surface area (Å²) in [5, 5.41) is 12.9. The molecule has 3 rings (SSSR count). The molecule has 0 aliphatic rings. The van der Waals surface area contributed by atoms with E-state index in [1.54, 1.807) is 41.6 Å². The summed E-state index contributed by atoms with van der Waals surface area (Å²) in [6.07, 6.45) is 3.01. The SMILES string of the molecule is CCN(Cc1ccc(OCc2cccs2)c(OC)c1)C(=O)/C=C/c1cccc([N+](=O)[O-])c1. The number of nitrogens with zero attached hydrogens (tertiary/aromatic N) is 2. The van der Waals surface area contributed by atoms with Gasteiger partial charge in [-0.15, -0.1) is 11.3 Å². The van der Waals surface area contributed by atoms with E-state index in [0.29, 0.717) is 36.8 Å². The number of rotatable bonds is 10. The Bertz CT molecular complexity index is 1100. The number of hydrogen-bond acceptors (Lipinski definition) is 6. The van der Waals surface area contributed by atoms with Crippen LogP contribution in [0.15, 0.2) is 66.1 Å². The second kappa shape index (κ2) is 11.1. The normalized spacial score (nSPS) is 10.8. The smallest absolute Gasteiger partial charge is 0.270 e. The standard InChI is InChI=1S/C24H24N2O5S/c1-3-25(24(27)12-10-18-6-4-7-20(14-18)26(28)29)16-19-9-11-22(23(15-19)30-2)31-17-21-8-5-13-32-21/h4-15H,3,16-17H2,1-2H3/b12-10+. The molecule has 7 nitrogen and oxygen atoms in total. The number of amides is 1. The van der Waals surface area contributed by atoms with Gasteiger partial charge in [0.05, 0.1) is 12.0 Å². The van der Waals surface area contributed by atoms with Crippen LogP contribution in [0.4, 0.5) is 5.69 Å². The molecule has 3 aromatic rings. The zero-order chi connectivity index (χ0) is 22.9. The van der Waals surface area contributed by atoms with Crippen molar-refractivity contribution in [2.24, 2.45) is 0 Å². The van der Waals surface area contributed by atoms with Gasteiger partial charge in [0.25, 0.3) is 5.69 Å². The van der Waals surface area contributed by atoms with E-state index in [1.165, 1.54) is 18.2 Å². The van der Waals surface area contributed by atoms with Crippen LogP contribution in [0.5, 0.6) is 11.5 Å². The highest BCUT2D eigenvalue weighted by Crippen LogP contribution is 2.30. The number of methoxy groups -OCH3 is 1. The molecule has 0 aliphatic heterocycles. The maximum absolute atomic E-state index is 12.7. The van der Waals surface area contributed by atoms with Gasteiger partial charge in [-0.3, -0.25) is 14.9 Å². The molecule has 8 heteroatoms. The average Bonchev–Trinajstić information content (AvgIpc) is 3.33. The molecular formula is C24H24N2O5S. The molecule has 0 saturated heterocycles. The monoisotopic (exact) mass is 452 g/mol. The van der Waals surface area contributed by atoms with Gasteiger partial charge in [0.15, 0.2) is 11.5 Å². The molecule has 1 aromatic heterocycles. The van der Waals surface area contributed by atoms with E-state index < -0.39 is 4.92 Å². The van der Waals surface area contributed by atoms with E-state index >= 15 is 0 Å². The molecule has 1 heterocycles.